The summed E-state index contributed by atoms with van der Waals surface area (Å²) in [4.78, 5) is 11.7. The molecule has 0 bridgehead atoms. The van der Waals surface area contributed by atoms with Crippen LogP contribution in [0, 0.1) is 12.3 Å². The van der Waals surface area contributed by atoms with E-state index in [1.165, 1.54) is 13.2 Å². The van der Waals surface area contributed by atoms with Crippen LogP contribution in [0.5, 0.6) is 5.75 Å². The zero-order valence-corrected chi connectivity index (χ0v) is 10.0. The van der Waals surface area contributed by atoms with Gasteiger partial charge in [0.05, 0.1) is 23.7 Å². The number of terminal acetylenes is 1. The first-order chi connectivity index (χ1) is 7.61. The fourth-order valence-electron chi connectivity index (χ4n) is 1.16. The van der Waals surface area contributed by atoms with Crippen LogP contribution >= 0.6 is 23.2 Å². The largest absolute Gasteiger partial charge is 0.494 e. The summed E-state index contributed by atoms with van der Waals surface area (Å²) >= 11 is 11.8. The third kappa shape index (κ3) is 2.60. The van der Waals surface area contributed by atoms with E-state index in [1.54, 1.807) is 6.07 Å². The van der Waals surface area contributed by atoms with E-state index in [4.69, 9.17) is 34.4 Å². The predicted molar refractivity (Wildman–Crippen MR) is 64.2 cm³/mol. The van der Waals surface area contributed by atoms with Crippen molar-refractivity contribution in [1.82, 2.24) is 5.32 Å². The highest BCUT2D eigenvalue weighted by Crippen LogP contribution is 2.33. The fourth-order valence-corrected chi connectivity index (χ4v) is 1.63. The van der Waals surface area contributed by atoms with Gasteiger partial charge >= 0.3 is 0 Å². The molecule has 0 atom stereocenters. The van der Waals surface area contributed by atoms with E-state index >= 15 is 0 Å². The van der Waals surface area contributed by atoms with Gasteiger partial charge in [0.25, 0.3) is 5.91 Å². The number of hydrogen-bond donors (Lipinski definition) is 1. The Morgan fingerprint density at radius 3 is 2.69 bits per heavy atom. The van der Waals surface area contributed by atoms with Crippen molar-refractivity contribution >= 4 is 29.1 Å². The van der Waals surface area contributed by atoms with Crippen molar-refractivity contribution in [3.05, 3.63) is 27.7 Å². The molecule has 0 aromatic heterocycles. The van der Waals surface area contributed by atoms with Crippen LogP contribution in [0.15, 0.2) is 12.1 Å². The van der Waals surface area contributed by atoms with E-state index in [1.807, 2.05) is 0 Å². The molecule has 1 amide bonds. The highest BCUT2D eigenvalue weighted by atomic mass is 35.5. The van der Waals surface area contributed by atoms with E-state index in [2.05, 4.69) is 11.2 Å². The SMILES string of the molecule is C#CCNC(=O)c1c(Cl)ccc(Cl)c1OC. The molecule has 3 nitrogen and oxygen atoms in total. The van der Waals surface area contributed by atoms with Crippen LogP contribution < -0.4 is 10.1 Å². The molecule has 0 radical (unpaired) electrons. The Bertz CT molecular complexity index is 452. The van der Waals surface area contributed by atoms with Crippen molar-refractivity contribution in [1.29, 1.82) is 0 Å². The van der Waals surface area contributed by atoms with E-state index in [-0.39, 0.29) is 22.9 Å². The van der Waals surface area contributed by atoms with Crippen molar-refractivity contribution < 1.29 is 9.53 Å². The minimum absolute atomic E-state index is 0.116. The Morgan fingerprint density at radius 2 is 2.12 bits per heavy atom. The van der Waals surface area contributed by atoms with Crippen LogP contribution in [-0.4, -0.2) is 19.6 Å². The topological polar surface area (TPSA) is 38.3 Å². The minimum atomic E-state index is -0.415. The molecular formula is C11H9Cl2NO2. The van der Waals surface area contributed by atoms with Crippen LogP contribution in [0.25, 0.3) is 0 Å². The van der Waals surface area contributed by atoms with Crippen LogP contribution in [0.1, 0.15) is 10.4 Å². The van der Waals surface area contributed by atoms with Crippen LogP contribution in [0.4, 0.5) is 0 Å². The number of amides is 1. The summed E-state index contributed by atoms with van der Waals surface area (Å²) in [7, 11) is 1.41. The van der Waals surface area contributed by atoms with Crippen molar-refractivity contribution in [2.75, 3.05) is 13.7 Å². The summed E-state index contributed by atoms with van der Waals surface area (Å²) in [5.74, 6) is 2.12. The first-order valence-electron chi connectivity index (χ1n) is 4.35. The molecule has 0 saturated heterocycles. The molecule has 0 spiro atoms. The maximum absolute atomic E-state index is 11.7. The summed E-state index contributed by atoms with van der Waals surface area (Å²) in [5, 5.41) is 3.07. The molecular weight excluding hydrogens is 249 g/mol. The van der Waals surface area contributed by atoms with Gasteiger partial charge in [-0.3, -0.25) is 4.79 Å². The molecule has 0 saturated carbocycles. The third-order valence-electron chi connectivity index (χ3n) is 1.84. The summed E-state index contributed by atoms with van der Waals surface area (Å²) in [6, 6.07) is 3.08. The minimum Gasteiger partial charge on any atom is -0.494 e. The molecule has 0 unspecified atom stereocenters. The number of ether oxygens (including phenoxy) is 1. The Kier molecular flexibility index (Phi) is 4.48. The van der Waals surface area contributed by atoms with Crippen molar-refractivity contribution in [2.45, 2.75) is 0 Å². The van der Waals surface area contributed by atoms with E-state index in [9.17, 15) is 4.79 Å². The first-order valence-corrected chi connectivity index (χ1v) is 5.11. The number of benzene rings is 1. The zero-order valence-electron chi connectivity index (χ0n) is 8.51. The van der Waals surface area contributed by atoms with Gasteiger partial charge in [-0.25, -0.2) is 0 Å². The molecule has 1 aromatic carbocycles. The van der Waals surface area contributed by atoms with Gasteiger partial charge in [0, 0.05) is 0 Å². The Balaban J connectivity index is 3.16. The quantitative estimate of drug-likeness (QED) is 0.845. The lowest BCUT2D eigenvalue weighted by atomic mass is 10.2. The summed E-state index contributed by atoms with van der Waals surface area (Å²) in [6.45, 7) is 0.116. The molecule has 0 aliphatic heterocycles. The molecule has 1 rings (SSSR count). The van der Waals surface area contributed by atoms with E-state index < -0.39 is 5.91 Å². The zero-order chi connectivity index (χ0) is 12.1. The number of methoxy groups -OCH3 is 1. The number of carbonyl (C=O) groups is 1. The highest BCUT2D eigenvalue weighted by molar-refractivity contribution is 6.37. The fraction of sp³-hybridized carbons (Fsp3) is 0.182. The second-order valence-electron chi connectivity index (χ2n) is 2.82. The number of carbonyl (C=O) groups excluding carboxylic acids is 1. The molecule has 16 heavy (non-hydrogen) atoms. The van der Waals surface area contributed by atoms with Gasteiger partial charge in [0.1, 0.15) is 5.56 Å². The highest BCUT2D eigenvalue weighted by Gasteiger charge is 2.18. The van der Waals surface area contributed by atoms with Gasteiger partial charge in [-0.1, -0.05) is 29.1 Å². The second kappa shape index (κ2) is 5.64. The first kappa shape index (κ1) is 12.7. The van der Waals surface area contributed by atoms with Gasteiger partial charge in [0.2, 0.25) is 0 Å². The summed E-state index contributed by atoms with van der Waals surface area (Å²) < 4.78 is 5.03. The van der Waals surface area contributed by atoms with Gasteiger partial charge in [-0.2, -0.15) is 0 Å². The Hall–Kier alpha value is -1.37. The molecule has 0 heterocycles. The molecule has 1 N–H and O–H groups in total. The second-order valence-corrected chi connectivity index (χ2v) is 3.64. The molecule has 1 aromatic rings. The lowest BCUT2D eigenvalue weighted by Gasteiger charge is -2.11. The van der Waals surface area contributed by atoms with Crippen molar-refractivity contribution in [3.8, 4) is 18.1 Å². The van der Waals surface area contributed by atoms with Gasteiger partial charge in [-0.15, -0.1) is 6.42 Å². The standard InChI is InChI=1S/C11H9Cl2NO2/c1-3-6-14-11(15)9-7(12)4-5-8(13)10(9)16-2/h1,4-5H,6H2,2H3,(H,14,15). The smallest absolute Gasteiger partial charge is 0.257 e. The van der Waals surface area contributed by atoms with Crippen LogP contribution in [-0.2, 0) is 0 Å². The molecule has 0 aliphatic rings. The van der Waals surface area contributed by atoms with Gasteiger partial charge in [0.15, 0.2) is 5.75 Å². The lowest BCUT2D eigenvalue weighted by Crippen LogP contribution is -2.24. The predicted octanol–water partition coefficient (Wildman–Crippen LogP) is 2.37. The van der Waals surface area contributed by atoms with Crippen LogP contribution in [0.3, 0.4) is 0 Å². The summed E-state index contributed by atoms with van der Waals surface area (Å²) in [6.07, 6.45) is 5.04. The van der Waals surface area contributed by atoms with E-state index in [0.717, 1.165) is 0 Å². The molecule has 0 fully saturated rings. The molecule has 5 heteroatoms. The number of rotatable bonds is 3. The third-order valence-corrected chi connectivity index (χ3v) is 2.45. The Labute approximate surface area is 104 Å². The molecule has 0 aliphatic carbocycles. The number of nitrogens with one attached hydrogen (secondary N) is 1. The average molecular weight is 258 g/mol. The van der Waals surface area contributed by atoms with Crippen molar-refractivity contribution in [3.63, 3.8) is 0 Å². The normalized spacial score (nSPS) is 9.38. The maximum atomic E-state index is 11.7. The van der Waals surface area contributed by atoms with Gasteiger partial charge in [-0.05, 0) is 12.1 Å². The molecule has 84 valence electrons. The number of hydrogen-bond acceptors (Lipinski definition) is 2. The van der Waals surface area contributed by atoms with E-state index in [0.29, 0.717) is 5.02 Å². The Morgan fingerprint density at radius 1 is 1.50 bits per heavy atom. The van der Waals surface area contributed by atoms with Gasteiger partial charge < -0.3 is 10.1 Å². The lowest BCUT2D eigenvalue weighted by molar-refractivity contribution is 0.0956. The maximum Gasteiger partial charge on any atom is 0.257 e. The summed E-state index contributed by atoms with van der Waals surface area (Å²) in [5.41, 5.74) is 0.187. The number of halogens is 2. The van der Waals surface area contributed by atoms with Crippen LogP contribution in [0.2, 0.25) is 10.0 Å². The van der Waals surface area contributed by atoms with Crippen molar-refractivity contribution in [2.24, 2.45) is 0 Å². The average Bonchev–Trinajstić information content (AvgIpc) is 2.28. The monoisotopic (exact) mass is 257 g/mol.